The molecule has 0 saturated heterocycles. The number of pyridine rings is 1. The summed E-state index contributed by atoms with van der Waals surface area (Å²) < 4.78 is 5.75. The van der Waals surface area contributed by atoms with Gasteiger partial charge in [-0.2, -0.15) is 0 Å². The number of hydrogen-bond donors (Lipinski definition) is 0. The highest BCUT2D eigenvalue weighted by atomic mass is 16.6. The van der Waals surface area contributed by atoms with Crippen molar-refractivity contribution in [2.24, 2.45) is 0 Å². The summed E-state index contributed by atoms with van der Waals surface area (Å²) in [5.74, 6) is 1.59. The van der Waals surface area contributed by atoms with Gasteiger partial charge in [-0.3, -0.25) is 10.1 Å². The Balaban J connectivity index is 1.96. The molecule has 0 atom stereocenters. The molecule has 0 aliphatic carbocycles. The molecule has 2 aromatic rings. The fraction of sp³-hybridized carbons (Fsp3) is 0.312. The Kier molecular flexibility index (Phi) is 4.93. The van der Waals surface area contributed by atoms with E-state index in [9.17, 15) is 10.1 Å². The largest absolute Gasteiger partial charge is 0.491 e. The lowest BCUT2D eigenvalue weighted by atomic mass is 10.2. The predicted octanol–water partition coefficient (Wildman–Crippen LogP) is 3.12. The molecule has 0 spiro atoms. The minimum absolute atomic E-state index is 0.00538. The van der Waals surface area contributed by atoms with E-state index in [2.05, 4.69) is 4.98 Å². The Hall–Kier alpha value is -2.63. The number of hydrogen-bond acceptors (Lipinski definition) is 5. The Labute approximate surface area is 129 Å². The summed E-state index contributed by atoms with van der Waals surface area (Å²) in [5, 5.41) is 10.7. The van der Waals surface area contributed by atoms with Crippen LogP contribution in [0.15, 0.2) is 36.5 Å². The Bertz CT molecular complexity index is 673. The molecule has 0 saturated carbocycles. The van der Waals surface area contributed by atoms with Crippen molar-refractivity contribution in [2.75, 3.05) is 25.1 Å². The van der Waals surface area contributed by atoms with Crippen LogP contribution in [0.5, 0.6) is 5.75 Å². The number of benzene rings is 1. The summed E-state index contributed by atoms with van der Waals surface area (Å²) in [4.78, 5) is 16.4. The van der Waals surface area contributed by atoms with Crippen LogP contribution in [0.4, 0.5) is 11.5 Å². The topological polar surface area (TPSA) is 68.5 Å². The lowest BCUT2D eigenvalue weighted by Gasteiger charge is -2.20. The second-order valence-electron chi connectivity index (χ2n) is 5.13. The number of nitro groups is 1. The third kappa shape index (κ3) is 3.72. The van der Waals surface area contributed by atoms with Gasteiger partial charge in [-0.05, 0) is 31.0 Å². The summed E-state index contributed by atoms with van der Waals surface area (Å²) in [7, 11) is 1.89. The average Bonchev–Trinajstić information content (AvgIpc) is 2.48. The zero-order valence-corrected chi connectivity index (χ0v) is 12.9. The van der Waals surface area contributed by atoms with Crippen molar-refractivity contribution in [2.45, 2.75) is 13.8 Å². The molecule has 0 radical (unpaired) electrons. The molecule has 2 rings (SSSR count). The van der Waals surface area contributed by atoms with Gasteiger partial charge in [0.15, 0.2) is 0 Å². The number of ether oxygens (including phenoxy) is 1. The number of anilines is 1. The summed E-state index contributed by atoms with van der Waals surface area (Å²) >= 11 is 0. The van der Waals surface area contributed by atoms with Crippen molar-refractivity contribution in [3.63, 3.8) is 0 Å². The third-order valence-electron chi connectivity index (χ3n) is 3.39. The van der Waals surface area contributed by atoms with Crippen LogP contribution in [-0.2, 0) is 0 Å². The Morgan fingerprint density at radius 2 is 2.00 bits per heavy atom. The number of likely N-dealkylation sites (N-methyl/N-ethyl adjacent to an activating group) is 1. The molecule has 0 amide bonds. The fourth-order valence-electron chi connectivity index (χ4n) is 2.17. The third-order valence-corrected chi connectivity index (χ3v) is 3.39. The van der Waals surface area contributed by atoms with Crippen LogP contribution in [0.3, 0.4) is 0 Å². The number of aryl methyl sites for hydroxylation is 2. The average molecular weight is 301 g/mol. The van der Waals surface area contributed by atoms with E-state index in [0.29, 0.717) is 13.2 Å². The molecule has 0 unspecified atom stereocenters. The van der Waals surface area contributed by atoms with Crippen LogP contribution in [0.25, 0.3) is 0 Å². The van der Waals surface area contributed by atoms with Crippen molar-refractivity contribution in [1.29, 1.82) is 0 Å². The van der Waals surface area contributed by atoms with E-state index in [1.807, 2.05) is 50.1 Å². The summed E-state index contributed by atoms with van der Waals surface area (Å²) in [5.41, 5.74) is 1.87. The quantitative estimate of drug-likeness (QED) is 0.605. The lowest BCUT2D eigenvalue weighted by Crippen LogP contribution is -2.25. The SMILES string of the molecule is Cc1ccccc1OCCN(C)c1ncc([N+](=O)[O-])cc1C. The molecule has 1 aromatic carbocycles. The zero-order valence-electron chi connectivity index (χ0n) is 12.9. The molecule has 0 aliphatic rings. The first-order chi connectivity index (χ1) is 10.5. The summed E-state index contributed by atoms with van der Waals surface area (Å²) in [6.07, 6.45) is 1.28. The molecule has 0 bridgehead atoms. The Morgan fingerprint density at radius 1 is 1.27 bits per heavy atom. The van der Waals surface area contributed by atoms with Gasteiger partial charge in [0.2, 0.25) is 0 Å². The standard InChI is InChI=1S/C16H19N3O3/c1-12-6-4-5-7-15(12)22-9-8-18(3)16-13(2)10-14(11-17-16)19(20)21/h4-7,10-11H,8-9H2,1-3H3. The molecular formula is C16H19N3O3. The number of nitrogens with zero attached hydrogens (tertiary/aromatic N) is 3. The van der Waals surface area contributed by atoms with Gasteiger partial charge in [-0.25, -0.2) is 4.98 Å². The molecule has 6 nitrogen and oxygen atoms in total. The minimum atomic E-state index is -0.439. The summed E-state index contributed by atoms with van der Waals surface area (Å²) in [6.45, 7) is 4.97. The molecule has 1 heterocycles. The number of aromatic nitrogens is 1. The van der Waals surface area contributed by atoms with Gasteiger partial charge >= 0.3 is 0 Å². The van der Waals surface area contributed by atoms with Gasteiger partial charge in [0.05, 0.1) is 11.5 Å². The normalized spacial score (nSPS) is 10.3. The Morgan fingerprint density at radius 3 is 2.64 bits per heavy atom. The molecule has 1 aromatic heterocycles. The van der Waals surface area contributed by atoms with E-state index in [1.165, 1.54) is 12.3 Å². The van der Waals surface area contributed by atoms with Crippen molar-refractivity contribution >= 4 is 11.5 Å². The first-order valence-corrected chi connectivity index (χ1v) is 6.99. The smallest absolute Gasteiger partial charge is 0.287 e. The number of rotatable bonds is 6. The minimum Gasteiger partial charge on any atom is -0.491 e. The molecule has 22 heavy (non-hydrogen) atoms. The van der Waals surface area contributed by atoms with Crippen LogP contribution in [0, 0.1) is 24.0 Å². The van der Waals surface area contributed by atoms with Crippen molar-refractivity contribution in [1.82, 2.24) is 4.98 Å². The second-order valence-corrected chi connectivity index (χ2v) is 5.13. The van der Waals surface area contributed by atoms with Crippen LogP contribution in [0.2, 0.25) is 0 Å². The van der Waals surface area contributed by atoms with Crippen molar-refractivity contribution in [3.05, 3.63) is 57.8 Å². The van der Waals surface area contributed by atoms with Crippen LogP contribution in [0.1, 0.15) is 11.1 Å². The highest BCUT2D eigenvalue weighted by molar-refractivity contribution is 5.49. The van der Waals surface area contributed by atoms with E-state index >= 15 is 0 Å². The van der Waals surface area contributed by atoms with E-state index < -0.39 is 4.92 Å². The van der Waals surface area contributed by atoms with E-state index in [1.54, 1.807) is 0 Å². The van der Waals surface area contributed by atoms with E-state index in [0.717, 1.165) is 22.7 Å². The van der Waals surface area contributed by atoms with E-state index in [-0.39, 0.29) is 5.69 Å². The molecule has 116 valence electrons. The highest BCUT2D eigenvalue weighted by Crippen LogP contribution is 2.21. The first kappa shape index (κ1) is 15.8. The maximum atomic E-state index is 10.7. The lowest BCUT2D eigenvalue weighted by molar-refractivity contribution is -0.385. The van der Waals surface area contributed by atoms with Gasteiger partial charge in [0, 0.05) is 13.1 Å². The second kappa shape index (κ2) is 6.89. The summed E-state index contributed by atoms with van der Waals surface area (Å²) in [6, 6.07) is 9.37. The van der Waals surface area contributed by atoms with Gasteiger partial charge in [0.25, 0.3) is 5.69 Å². The molecular weight excluding hydrogens is 282 g/mol. The van der Waals surface area contributed by atoms with Crippen LogP contribution >= 0.6 is 0 Å². The molecule has 6 heteroatoms. The van der Waals surface area contributed by atoms with Gasteiger partial charge in [-0.15, -0.1) is 0 Å². The maximum Gasteiger partial charge on any atom is 0.287 e. The van der Waals surface area contributed by atoms with Gasteiger partial charge in [0.1, 0.15) is 24.4 Å². The molecule has 0 N–H and O–H groups in total. The molecule has 0 fully saturated rings. The highest BCUT2D eigenvalue weighted by Gasteiger charge is 2.12. The van der Waals surface area contributed by atoms with Crippen molar-refractivity contribution in [3.8, 4) is 5.75 Å². The van der Waals surface area contributed by atoms with E-state index in [4.69, 9.17) is 4.74 Å². The van der Waals surface area contributed by atoms with Gasteiger partial charge in [-0.1, -0.05) is 18.2 Å². The monoisotopic (exact) mass is 301 g/mol. The zero-order chi connectivity index (χ0) is 16.1. The van der Waals surface area contributed by atoms with Gasteiger partial charge < -0.3 is 9.64 Å². The number of para-hydroxylation sites is 1. The maximum absolute atomic E-state index is 10.7. The predicted molar refractivity (Wildman–Crippen MR) is 85.6 cm³/mol. The fourth-order valence-corrected chi connectivity index (χ4v) is 2.17. The van der Waals surface area contributed by atoms with Crippen LogP contribution in [-0.4, -0.2) is 30.1 Å². The first-order valence-electron chi connectivity index (χ1n) is 6.99. The van der Waals surface area contributed by atoms with Crippen molar-refractivity contribution < 1.29 is 9.66 Å². The van der Waals surface area contributed by atoms with Crippen LogP contribution < -0.4 is 9.64 Å². The molecule has 0 aliphatic heterocycles.